The highest BCUT2D eigenvalue weighted by Gasteiger charge is 2.45. The fourth-order valence-corrected chi connectivity index (χ4v) is 5.91. The number of nitrogens with zero attached hydrogens (tertiary/aromatic N) is 2. The van der Waals surface area contributed by atoms with Gasteiger partial charge in [-0.05, 0) is 68.9 Å². The number of aryl methyl sites for hydroxylation is 3. The zero-order valence-electron chi connectivity index (χ0n) is 20.6. The number of hydrogen-bond donors (Lipinski definition) is 2. The van der Waals surface area contributed by atoms with Gasteiger partial charge >= 0.3 is 0 Å². The van der Waals surface area contributed by atoms with Crippen LogP contribution in [0.2, 0.25) is 5.02 Å². The number of carbonyl (C=O) groups excluding carboxylic acids is 1. The molecule has 2 aromatic rings. The third kappa shape index (κ3) is 4.79. The summed E-state index contributed by atoms with van der Waals surface area (Å²) in [6.07, 6.45) is 1.14. The summed E-state index contributed by atoms with van der Waals surface area (Å²) in [6.45, 7) is 12.2. The van der Waals surface area contributed by atoms with Gasteiger partial charge in [-0.1, -0.05) is 31.5 Å². The molecule has 34 heavy (non-hydrogen) atoms. The maximum atomic E-state index is 13.5. The molecule has 1 aliphatic heterocycles. The fraction of sp³-hybridized carbons (Fsp3) is 0.407. The van der Waals surface area contributed by atoms with Crippen LogP contribution in [0.25, 0.3) is 0 Å². The number of halogens is 1. The van der Waals surface area contributed by atoms with Gasteiger partial charge in [0.1, 0.15) is 5.82 Å². The van der Waals surface area contributed by atoms with E-state index in [4.69, 9.17) is 22.4 Å². The number of rotatable bonds is 2. The lowest BCUT2D eigenvalue weighted by Gasteiger charge is -2.43. The number of aliphatic hydroxyl groups is 1. The number of ketones is 1. The Morgan fingerprint density at radius 3 is 2.44 bits per heavy atom. The van der Waals surface area contributed by atoms with Crippen LogP contribution in [0, 0.1) is 37.5 Å². The first-order valence-electron chi connectivity index (χ1n) is 11.4. The summed E-state index contributed by atoms with van der Waals surface area (Å²) < 4.78 is 0. The zero-order chi connectivity index (χ0) is 25.4. The van der Waals surface area contributed by atoms with E-state index in [1.165, 1.54) is 0 Å². The van der Waals surface area contributed by atoms with Crippen LogP contribution in [0.5, 0.6) is 0 Å². The van der Waals surface area contributed by atoms with Gasteiger partial charge in [0.25, 0.3) is 0 Å². The predicted octanol–water partition coefficient (Wildman–Crippen LogP) is 6.27. The number of carbonyl (C=O) groups is 1. The van der Waals surface area contributed by atoms with Gasteiger partial charge in [-0.2, -0.15) is 5.26 Å². The molecule has 1 aliphatic carbocycles. The molecule has 5 nitrogen and oxygen atoms in total. The minimum absolute atomic E-state index is 0.0861. The Hall–Kier alpha value is -2.59. The zero-order valence-corrected chi connectivity index (χ0v) is 22.2. The van der Waals surface area contributed by atoms with E-state index >= 15 is 0 Å². The van der Waals surface area contributed by atoms with Crippen LogP contribution in [0.3, 0.4) is 0 Å². The lowest BCUT2D eigenvalue weighted by molar-refractivity contribution is -0.118. The van der Waals surface area contributed by atoms with Gasteiger partial charge in [-0.15, -0.1) is 11.3 Å². The van der Waals surface area contributed by atoms with Crippen LogP contribution in [0.15, 0.2) is 46.9 Å². The fourth-order valence-electron chi connectivity index (χ4n) is 4.77. The van der Waals surface area contributed by atoms with Crippen molar-refractivity contribution >= 4 is 34.4 Å². The van der Waals surface area contributed by atoms with Gasteiger partial charge in [0.05, 0.1) is 17.6 Å². The summed E-state index contributed by atoms with van der Waals surface area (Å²) in [6, 6.07) is 10.2. The lowest BCUT2D eigenvalue weighted by atomic mass is 9.68. The quantitative estimate of drug-likeness (QED) is 0.510. The molecule has 1 aromatic heterocycles. The Labute approximate surface area is 211 Å². The van der Waals surface area contributed by atoms with Crippen molar-refractivity contribution in [3.8, 4) is 6.07 Å². The topological polar surface area (TPSA) is 90.3 Å². The number of nitrogens with two attached hydrogens (primary N) is 1. The molecule has 3 N–H and O–H groups in total. The summed E-state index contributed by atoms with van der Waals surface area (Å²) in [4.78, 5) is 17.7. The standard InChI is InChI=1S/C25H26ClN3OS.C2H6O/c1-13-6-7-16(9-19(13)26)29-20-10-25(4,5)11-21(30)23(20)22(18(12-27)24(29)28)17-8-14(2)31-15(17)3;1-2-3/h6-9,22H,10-11,28H2,1-5H3;3H,2H2,1H3. The Morgan fingerprint density at radius 2 is 1.91 bits per heavy atom. The summed E-state index contributed by atoms with van der Waals surface area (Å²) in [5.74, 6) is 0.0357. The van der Waals surface area contributed by atoms with Crippen LogP contribution >= 0.6 is 22.9 Å². The molecule has 0 spiro atoms. The monoisotopic (exact) mass is 497 g/mol. The minimum Gasteiger partial charge on any atom is -0.397 e. The second kappa shape index (κ2) is 9.95. The smallest absolute Gasteiger partial charge is 0.162 e. The number of allylic oxidation sites excluding steroid dienone is 3. The van der Waals surface area contributed by atoms with Crippen molar-refractivity contribution in [3.63, 3.8) is 0 Å². The molecule has 2 aliphatic rings. The number of thiophene rings is 1. The molecule has 2 heterocycles. The average molecular weight is 498 g/mol. The molecular formula is C27H32ClN3O2S. The summed E-state index contributed by atoms with van der Waals surface area (Å²) in [5, 5.41) is 18.4. The number of hydrogen-bond acceptors (Lipinski definition) is 6. The van der Waals surface area contributed by atoms with Crippen molar-refractivity contribution in [1.82, 2.24) is 0 Å². The van der Waals surface area contributed by atoms with Gasteiger partial charge < -0.3 is 10.8 Å². The number of benzene rings is 1. The predicted molar refractivity (Wildman–Crippen MR) is 140 cm³/mol. The largest absolute Gasteiger partial charge is 0.397 e. The van der Waals surface area contributed by atoms with Crippen LogP contribution < -0.4 is 10.6 Å². The van der Waals surface area contributed by atoms with E-state index in [2.05, 4.69) is 26.0 Å². The highest BCUT2D eigenvalue weighted by molar-refractivity contribution is 7.12. The van der Waals surface area contributed by atoms with Gasteiger partial charge in [-0.3, -0.25) is 9.69 Å². The highest BCUT2D eigenvalue weighted by Crippen LogP contribution is 2.51. The SMILES string of the molecule is CCO.Cc1cc(C2C(C#N)=C(N)N(c3ccc(C)c(Cl)c3)C3=C2C(=O)CC(C)(C)C3)c(C)s1. The maximum absolute atomic E-state index is 13.5. The molecule has 4 rings (SSSR count). The minimum atomic E-state index is -0.425. The van der Waals surface area contributed by atoms with Gasteiger partial charge in [0, 0.05) is 44.8 Å². The molecule has 0 amide bonds. The van der Waals surface area contributed by atoms with Crippen molar-refractivity contribution < 1.29 is 9.90 Å². The van der Waals surface area contributed by atoms with Crippen LogP contribution in [-0.4, -0.2) is 17.5 Å². The van der Waals surface area contributed by atoms with E-state index in [-0.39, 0.29) is 17.8 Å². The average Bonchev–Trinajstić information content (AvgIpc) is 3.07. The molecule has 1 unspecified atom stereocenters. The molecule has 1 atom stereocenters. The molecule has 0 fully saturated rings. The molecule has 0 saturated heterocycles. The first-order chi connectivity index (χ1) is 15.9. The van der Waals surface area contributed by atoms with Crippen LogP contribution in [-0.2, 0) is 4.79 Å². The third-order valence-corrected chi connectivity index (χ3v) is 7.57. The Morgan fingerprint density at radius 1 is 1.26 bits per heavy atom. The number of aliphatic hydroxyl groups excluding tert-OH is 1. The van der Waals surface area contributed by atoms with Gasteiger partial charge in [-0.25, -0.2) is 0 Å². The lowest BCUT2D eigenvalue weighted by Crippen LogP contribution is -2.42. The summed E-state index contributed by atoms with van der Waals surface area (Å²) in [7, 11) is 0. The van der Waals surface area contributed by atoms with Crippen molar-refractivity contribution in [2.24, 2.45) is 11.1 Å². The molecule has 0 radical (unpaired) electrons. The number of nitriles is 1. The first kappa shape index (κ1) is 26.0. The van der Waals surface area contributed by atoms with E-state index in [0.717, 1.165) is 32.3 Å². The van der Waals surface area contributed by atoms with Crippen LogP contribution in [0.4, 0.5) is 5.69 Å². The van der Waals surface area contributed by atoms with Gasteiger partial charge in [0.2, 0.25) is 0 Å². The van der Waals surface area contributed by atoms with E-state index in [0.29, 0.717) is 34.8 Å². The molecule has 1 aromatic carbocycles. The number of anilines is 1. The van der Waals surface area contributed by atoms with E-state index in [9.17, 15) is 10.1 Å². The second-order valence-corrected chi connectivity index (χ2v) is 11.5. The molecule has 0 bridgehead atoms. The second-order valence-electron chi connectivity index (χ2n) is 9.60. The summed E-state index contributed by atoms with van der Waals surface area (Å²) in [5.41, 5.74) is 11.2. The summed E-state index contributed by atoms with van der Waals surface area (Å²) >= 11 is 8.11. The Balaban J connectivity index is 0.00000103. The van der Waals surface area contributed by atoms with E-state index < -0.39 is 5.92 Å². The van der Waals surface area contributed by atoms with Crippen molar-refractivity contribution in [3.05, 3.63) is 72.8 Å². The number of Topliss-reactive ketones (excluding diaryl/α,β-unsaturated/α-hetero) is 1. The van der Waals surface area contributed by atoms with Crippen molar-refractivity contribution in [1.29, 1.82) is 5.26 Å². The van der Waals surface area contributed by atoms with E-state index in [1.807, 2.05) is 43.9 Å². The maximum Gasteiger partial charge on any atom is 0.162 e. The van der Waals surface area contributed by atoms with E-state index in [1.54, 1.807) is 18.3 Å². The van der Waals surface area contributed by atoms with Crippen molar-refractivity contribution in [2.45, 2.75) is 60.3 Å². The Kier molecular flexibility index (Phi) is 7.62. The first-order valence-corrected chi connectivity index (χ1v) is 12.5. The van der Waals surface area contributed by atoms with Crippen molar-refractivity contribution in [2.75, 3.05) is 11.5 Å². The highest BCUT2D eigenvalue weighted by atomic mass is 35.5. The molecule has 180 valence electrons. The third-order valence-electron chi connectivity index (χ3n) is 6.18. The Bertz CT molecular complexity index is 1230. The van der Waals surface area contributed by atoms with Gasteiger partial charge in [0.15, 0.2) is 5.78 Å². The molecule has 7 heteroatoms. The molecule has 0 saturated carbocycles. The normalized spacial score (nSPS) is 19.4. The molecular weight excluding hydrogens is 466 g/mol. The van der Waals surface area contributed by atoms with Crippen LogP contribution in [0.1, 0.15) is 60.4 Å².